The van der Waals surface area contributed by atoms with E-state index in [2.05, 4.69) is 5.10 Å². The molecule has 0 radical (unpaired) electrons. The number of hydrogen-bond acceptors (Lipinski definition) is 5. The van der Waals surface area contributed by atoms with Crippen LogP contribution in [-0.4, -0.2) is 59.0 Å². The Kier molecular flexibility index (Phi) is 4.83. The Hall–Kier alpha value is -3.03. The Labute approximate surface area is 150 Å². The standard InChI is InChI=1S/C18H21N3O5/c1-20-8-11(7-19-20)17(22)21-9-13(14(10-21)18(23)24)12-5-4-6-15(25-2)16(12)26-3/h4-8,13-14H,9-10H2,1-3H3,(H,23,24)/t13-,14+/m0/s1. The summed E-state index contributed by atoms with van der Waals surface area (Å²) in [7, 11) is 4.78. The summed E-state index contributed by atoms with van der Waals surface area (Å²) in [6.45, 7) is 0.419. The second kappa shape index (κ2) is 7.07. The SMILES string of the molecule is COc1cccc([C@@H]2CN(C(=O)c3cnn(C)c3)C[C@H]2C(=O)O)c1OC. The zero-order valence-corrected chi connectivity index (χ0v) is 14.9. The number of carboxylic acids is 1. The van der Waals surface area contributed by atoms with Gasteiger partial charge in [0, 0.05) is 37.8 Å². The number of ether oxygens (including phenoxy) is 2. The molecule has 0 unspecified atom stereocenters. The maximum atomic E-state index is 12.7. The second-order valence-corrected chi connectivity index (χ2v) is 6.25. The van der Waals surface area contributed by atoms with Crippen LogP contribution in [-0.2, 0) is 11.8 Å². The van der Waals surface area contributed by atoms with Gasteiger partial charge in [0.2, 0.25) is 0 Å². The molecule has 2 aromatic rings. The van der Waals surface area contributed by atoms with Gasteiger partial charge in [0.05, 0.1) is 31.9 Å². The molecule has 1 N–H and O–H groups in total. The molecule has 138 valence electrons. The van der Waals surface area contributed by atoms with E-state index >= 15 is 0 Å². The summed E-state index contributed by atoms with van der Waals surface area (Å²) in [5, 5.41) is 13.7. The molecular formula is C18H21N3O5. The van der Waals surface area contributed by atoms with Crippen LogP contribution >= 0.6 is 0 Å². The normalized spacial score (nSPS) is 19.4. The number of rotatable bonds is 5. The van der Waals surface area contributed by atoms with Crippen molar-refractivity contribution in [3.63, 3.8) is 0 Å². The van der Waals surface area contributed by atoms with Crippen LogP contribution in [0.15, 0.2) is 30.6 Å². The highest BCUT2D eigenvalue weighted by Gasteiger charge is 2.42. The van der Waals surface area contributed by atoms with Crippen LogP contribution in [0.3, 0.4) is 0 Å². The third kappa shape index (κ3) is 3.10. The number of nitrogens with zero attached hydrogens (tertiary/aromatic N) is 3. The van der Waals surface area contributed by atoms with Crippen molar-refractivity contribution in [2.75, 3.05) is 27.3 Å². The lowest BCUT2D eigenvalue weighted by Gasteiger charge is -2.20. The molecule has 8 heteroatoms. The predicted octanol–water partition coefficient (Wildman–Crippen LogP) is 1.38. The van der Waals surface area contributed by atoms with Crippen molar-refractivity contribution in [1.82, 2.24) is 14.7 Å². The molecule has 8 nitrogen and oxygen atoms in total. The van der Waals surface area contributed by atoms with Crippen LogP contribution in [0, 0.1) is 5.92 Å². The first-order valence-electron chi connectivity index (χ1n) is 8.17. The fourth-order valence-electron chi connectivity index (χ4n) is 3.45. The molecule has 1 aromatic carbocycles. The van der Waals surface area contributed by atoms with Crippen molar-refractivity contribution >= 4 is 11.9 Å². The molecule has 0 spiro atoms. The van der Waals surface area contributed by atoms with Gasteiger partial charge < -0.3 is 19.5 Å². The van der Waals surface area contributed by atoms with Crippen LogP contribution in [0.25, 0.3) is 0 Å². The van der Waals surface area contributed by atoms with Gasteiger partial charge >= 0.3 is 5.97 Å². The molecule has 1 fully saturated rings. The molecule has 1 aliphatic heterocycles. The quantitative estimate of drug-likeness (QED) is 0.867. The third-order valence-electron chi connectivity index (χ3n) is 4.71. The lowest BCUT2D eigenvalue weighted by Crippen LogP contribution is -2.29. The van der Waals surface area contributed by atoms with Gasteiger partial charge in [-0.2, -0.15) is 5.10 Å². The van der Waals surface area contributed by atoms with Crippen LogP contribution in [0.2, 0.25) is 0 Å². The Morgan fingerprint density at radius 1 is 1.23 bits per heavy atom. The number of para-hydroxylation sites is 1. The molecular weight excluding hydrogens is 338 g/mol. The van der Waals surface area contributed by atoms with Crippen molar-refractivity contribution in [1.29, 1.82) is 0 Å². The predicted molar refractivity (Wildman–Crippen MR) is 92.5 cm³/mol. The average Bonchev–Trinajstić information content (AvgIpc) is 3.27. The number of carbonyl (C=O) groups excluding carboxylic acids is 1. The van der Waals surface area contributed by atoms with Crippen molar-refractivity contribution < 1.29 is 24.2 Å². The number of aliphatic carboxylic acids is 1. The monoisotopic (exact) mass is 359 g/mol. The molecule has 2 heterocycles. The van der Waals surface area contributed by atoms with E-state index in [-0.39, 0.29) is 19.0 Å². The molecule has 0 bridgehead atoms. The maximum absolute atomic E-state index is 12.7. The van der Waals surface area contributed by atoms with E-state index < -0.39 is 17.8 Å². The molecule has 3 rings (SSSR count). The number of amides is 1. The fourth-order valence-corrected chi connectivity index (χ4v) is 3.45. The van der Waals surface area contributed by atoms with Crippen molar-refractivity contribution in [3.05, 3.63) is 41.7 Å². The van der Waals surface area contributed by atoms with Crippen LogP contribution in [0.1, 0.15) is 21.8 Å². The highest BCUT2D eigenvalue weighted by Crippen LogP contribution is 2.42. The van der Waals surface area contributed by atoms with Gasteiger partial charge in [-0.05, 0) is 6.07 Å². The lowest BCUT2D eigenvalue weighted by molar-refractivity contribution is -0.141. The van der Waals surface area contributed by atoms with Gasteiger partial charge in [0.25, 0.3) is 5.91 Å². The van der Waals surface area contributed by atoms with Crippen LogP contribution in [0.4, 0.5) is 0 Å². The number of hydrogen-bond donors (Lipinski definition) is 1. The number of likely N-dealkylation sites (tertiary alicyclic amines) is 1. The summed E-state index contributed by atoms with van der Waals surface area (Å²) in [5.74, 6) is -1.25. The number of carboxylic acid groups (broad SMARTS) is 1. The molecule has 1 aromatic heterocycles. The van der Waals surface area contributed by atoms with E-state index in [9.17, 15) is 14.7 Å². The largest absolute Gasteiger partial charge is 0.493 e. The number of benzene rings is 1. The summed E-state index contributed by atoms with van der Waals surface area (Å²) in [4.78, 5) is 26.1. The molecule has 26 heavy (non-hydrogen) atoms. The molecule has 0 saturated carbocycles. The van der Waals surface area contributed by atoms with Gasteiger partial charge in [0.15, 0.2) is 11.5 Å². The summed E-state index contributed by atoms with van der Waals surface area (Å²) >= 11 is 0. The number of aromatic nitrogens is 2. The average molecular weight is 359 g/mol. The minimum atomic E-state index is -0.943. The van der Waals surface area contributed by atoms with Gasteiger partial charge in [-0.1, -0.05) is 12.1 Å². The number of aryl methyl sites for hydroxylation is 1. The zero-order valence-electron chi connectivity index (χ0n) is 14.9. The molecule has 1 saturated heterocycles. The first-order chi connectivity index (χ1) is 12.5. The molecule has 0 aliphatic carbocycles. The minimum absolute atomic E-state index is 0.133. The zero-order chi connectivity index (χ0) is 18.8. The van der Waals surface area contributed by atoms with Crippen LogP contribution in [0.5, 0.6) is 11.5 Å². The Balaban J connectivity index is 1.94. The summed E-state index contributed by atoms with van der Waals surface area (Å²) in [5.41, 5.74) is 1.16. The van der Waals surface area contributed by atoms with Crippen molar-refractivity contribution in [3.8, 4) is 11.5 Å². The first-order valence-corrected chi connectivity index (χ1v) is 8.17. The maximum Gasteiger partial charge on any atom is 0.308 e. The molecule has 1 aliphatic rings. The van der Waals surface area contributed by atoms with E-state index in [0.717, 1.165) is 5.56 Å². The Morgan fingerprint density at radius 2 is 2.00 bits per heavy atom. The highest BCUT2D eigenvalue weighted by molar-refractivity contribution is 5.94. The van der Waals surface area contributed by atoms with Crippen LogP contribution < -0.4 is 9.47 Å². The minimum Gasteiger partial charge on any atom is -0.493 e. The topological polar surface area (TPSA) is 93.9 Å². The van der Waals surface area contributed by atoms with Gasteiger partial charge in [-0.3, -0.25) is 14.3 Å². The Morgan fingerprint density at radius 3 is 2.58 bits per heavy atom. The second-order valence-electron chi connectivity index (χ2n) is 6.25. The van der Waals surface area contributed by atoms with E-state index in [0.29, 0.717) is 17.1 Å². The Bertz CT molecular complexity index is 832. The van der Waals surface area contributed by atoms with E-state index in [1.165, 1.54) is 20.4 Å². The molecule has 1 amide bonds. The first kappa shape index (κ1) is 17.8. The third-order valence-corrected chi connectivity index (χ3v) is 4.71. The van der Waals surface area contributed by atoms with Crippen molar-refractivity contribution in [2.24, 2.45) is 13.0 Å². The van der Waals surface area contributed by atoms with Crippen molar-refractivity contribution in [2.45, 2.75) is 5.92 Å². The van der Waals surface area contributed by atoms with Gasteiger partial charge in [-0.25, -0.2) is 0 Å². The lowest BCUT2D eigenvalue weighted by atomic mass is 9.88. The molecule has 2 atom stereocenters. The highest BCUT2D eigenvalue weighted by atomic mass is 16.5. The van der Waals surface area contributed by atoms with E-state index in [4.69, 9.17) is 9.47 Å². The van der Waals surface area contributed by atoms with E-state index in [1.807, 2.05) is 6.07 Å². The smallest absolute Gasteiger partial charge is 0.308 e. The van der Waals surface area contributed by atoms with E-state index in [1.54, 1.807) is 35.0 Å². The summed E-state index contributed by atoms with van der Waals surface area (Å²) in [6, 6.07) is 5.37. The fraction of sp³-hybridized carbons (Fsp3) is 0.389. The number of carbonyl (C=O) groups is 2. The van der Waals surface area contributed by atoms with Gasteiger partial charge in [-0.15, -0.1) is 0 Å². The summed E-state index contributed by atoms with van der Waals surface area (Å²) in [6.07, 6.45) is 3.11. The van der Waals surface area contributed by atoms with Gasteiger partial charge in [0.1, 0.15) is 0 Å². The summed E-state index contributed by atoms with van der Waals surface area (Å²) < 4.78 is 12.3. The number of methoxy groups -OCH3 is 2.